The van der Waals surface area contributed by atoms with E-state index in [1.165, 1.54) is 0 Å². The van der Waals surface area contributed by atoms with Gasteiger partial charge in [-0.05, 0) is 54.1 Å². The Morgan fingerprint density at radius 3 is 2.36 bits per heavy atom. The van der Waals surface area contributed by atoms with Gasteiger partial charge >= 0.3 is 0 Å². The van der Waals surface area contributed by atoms with E-state index < -0.39 is 0 Å². The van der Waals surface area contributed by atoms with Crippen molar-refractivity contribution in [3.63, 3.8) is 0 Å². The Hall–Kier alpha value is -1.96. The zero-order valence-corrected chi connectivity index (χ0v) is 22.0. The molecule has 170 valence electrons. The van der Waals surface area contributed by atoms with Crippen LogP contribution in [0.15, 0.2) is 74.9 Å². The fourth-order valence-corrected chi connectivity index (χ4v) is 5.64. The van der Waals surface area contributed by atoms with E-state index in [-0.39, 0.29) is 5.91 Å². The summed E-state index contributed by atoms with van der Waals surface area (Å²) < 4.78 is 3.23. The number of amides is 1. The average molecular weight is 563 g/mol. The molecule has 1 heterocycles. The van der Waals surface area contributed by atoms with Gasteiger partial charge in [-0.2, -0.15) is 0 Å². The third-order valence-corrected chi connectivity index (χ3v) is 7.67. The fraction of sp³-hybridized carbons (Fsp3) is 0.160. The van der Waals surface area contributed by atoms with Gasteiger partial charge in [-0.3, -0.25) is 4.79 Å². The highest BCUT2D eigenvalue weighted by Gasteiger charge is 2.14. The molecule has 4 aromatic rings. The maximum absolute atomic E-state index is 12.2. The number of hydrogen-bond acceptors (Lipinski definition) is 3. The van der Waals surface area contributed by atoms with Crippen molar-refractivity contribution in [3.8, 4) is 0 Å². The van der Waals surface area contributed by atoms with Crippen LogP contribution in [0.5, 0.6) is 0 Å². The average Bonchev–Trinajstić information content (AvgIpc) is 3.14. The minimum atomic E-state index is -0.0106. The third kappa shape index (κ3) is 5.26. The van der Waals surface area contributed by atoms with Gasteiger partial charge in [-0.25, -0.2) is 0 Å². The van der Waals surface area contributed by atoms with E-state index >= 15 is 0 Å². The standard InChI is InChI=1S/C25H22BrCl2N3OS/c1-30(2)25(32)16-5-3-15(4-6-16)14-31-17(13-29)9-20-21(26)10-19(12-24(20)31)33-18-7-8-22(27)23(28)11-18/h3-12H,13-14,29H2,1-2H3. The van der Waals surface area contributed by atoms with Crippen molar-refractivity contribution >= 4 is 67.7 Å². The number of benzene rings is 3. The smallest absolute Gasteiger partial charge is 0.253 e. The molecule has 0 saturated carbocycles. The summed E-state index contributed by atoms with van der Waals surface area (Å²) in [6.07, 6.45) is 0. The number of hydrogen-bond donors (Lipinski definition) is 1. The molecule has 0 saturated heterocycles. The molecule has 0 atom stereocenters. The van der Waals surface area contributed by atoms with E-state index in [1.54, 1.807) is 36.8 Å². The van der Waals surface area contributed by atoms with E-state index in [0.29, 0.717) is 28.7 Å². The summed E-state index contributed by atoms with van der Waals surface area (Å²) in [4.78, 5) is 15.8. The zero-order chi connectivity index (χ0) is 23.7. The molecule has 0 radical (unpaired) electrons. The molecule has 3 aromatic carbocycles. The molecular formula is C25H22BrCl2N3OS. The Kier molecular flexibility index (Phi) is 7.41. The van der Waals surface area contributed by atoms with Crippen LogP contribution >= 0.6 is 50.9 Å². The normalized spacial score (nSPS) is 11.2. The quantitative estimate of drug-likeness (QED) is 0.273. The molecule has 1 aromatic heterocycles. The summed E-state index contributed by atoms with van der Waals surface area (Å²) in [6.45, 7) is 1.08. The van der Waals surface area contributed by atoms with Crippen LogP contribution in [0.1, 0.15) is 21.6 Å². The van der Waals surface area contributed by atoms with Gasteiger partial charge in [0.15, 0.2) is 0 Å². The predicted octanol–water partition coefficient (Wildman–Crippen LogP) is 7.07. The number of nitrogens with zero attached hydrogens (tertiary/aromatic N) is 2. The summed E-state index contributed by atoms with van der Waals surface area (Å²) in [5.74, 6) is -0.0106. The van der Waals surface area contributed by atoms with Gasteiger partial charge in [-0.1, -0.05) is 63.0 Å². The van der Waals surface area contributed by atoms with Gasteiger partial charge in [0.25, 0.3) is 5.91 Å². The van der Waals surface area contributed by atoms with Crippen molar-refractivity contribution in [2.24, 2.45) is 5.73 Å². The van der Waals surface area contributed by atoms with E-state index in [9.17, 15) is 4.79 Å². The number of halogens is 3. The van der Waals surface area contributed by atoms with Crippen LogP contribution < -0.4 is 5.73 Å². The monoisotopic (exact) mass is 561 g/mol. The first kappa shape index (κ1) is 24.2. The zero-order valence-electron chi connectivity index (χ0n) is 18.1. The molecule has 4 rings (SSSR count). The van der Waals surface area contributed by atoms with Crippen molar-refractivity contribution in [2.45, 2.75) is 22.9 Å². The predicted molar refractivity (Wildman–Crippen MR) is 142 cm³/mol. The van der Waals surface area contributed by atoms with Crippen molar-refractivity contribution in [3.05, 3.63) is 92.0 Å². The molecule has 0 aliphatic carbocycles. The second-order valence-corrected chi connectivity index (χ2v) is 10.7. The van der Waals surface area contributed by atoms with Crippen LogP contribution in [-0.4, -0.2) is 29.5 Å². The molecule has 0 unspecified atom stereocenters. The highest BCUT2D eigenvalue weighted by molar-refractivity contribution is 9.10. The highest BCUT2D eigenvalue weighted by atomic mass is 79.9. The first-order valence-electron chi connectivity index (χ1n) is 10.2. The van der Waals surface area contributed by atoms with Crippen molar-refractivity contribution < 1.29 is 4.79 Å². The molecule has 1 amide bonds. The Bertz CT molecular complexity index is 1340. The maximum Gasteiger partial charge on any atom is 0.253 e. The van der Waals surface area contributed by atoms with E-state index in [2.05, 4.69) is 38.7 Å². The third-order valence-electron chi connectivity index (χ3n) is 5.31. The first-order chi connectivity index (χ1) is 15.8. The summed E-state index contributed by atoms with van der Waals surface area (Å²) in [5.41, 5.74) is 9.97. The van der Waals surface area contributed by atoms with Crippen LogP contribution in [0.2, 0.25) is 10.0 Å². The number of rotatable bonds is 6. The van der Waals surface area contributed by atoms with E-state index in [0.717, 1.165) is 36.4 Å². The lowest BCUT2D eigenvalue weighted by Crippen LogP contribution is -2.21. The maximum atomic E-state index is 12.2. The van der Waals surface area contributed by atoms with E-state index in [4.69, 9.17) is 28.9 Å². The lowest BCUT2D eigenvalue weighted by atomic mass is 10.1. The molecule has 4 nitrogen and oxygen atoms in total. The van der Waals surface area contributed by atoms with Crippen LogP contribution in [-0.2, 0) is 13.1 Å². The van der Waals surface area contributed by atoms with Gasteiger partial charge in [0.1, 0.15) is 0 Å². The molecule has 33 heavy (non-hydrogen) atoms. The van der Waals surface area contributed by atoms with Gasteiger partial charge < -0.3 is 15.2 Å². The molecule has 8 heteroatoms. The van der Waals surface area contributed by atoms with Crippen molar-refractivity contribution in [1.29, 1.82) is 0 Å². The number of carbonyl (C=O) groups excluding carboxylic acids is 1. The van der Waals surface area contributed by atoms with Crippen LogP contribution in [0, 0.1) is 0 Å². The second-order valence-electron chi connectivity index (χ2n) is 7.84. The summed E-state index contributed by atoms with van der Waals surface area (Å²) in [5, 5.41) is 2.18. The Morgan fingerprint density at radius 2 is 1.73 bits per heavy atom. The summed E-state index contributed by atoms with van der Waals surface area (Å²) >= 11 is 17.6. The fourth-order valence-electron chi connectivity index (χ4n) is 3.63. The van der Waals surface area contributed by atoms with Gasteiger partial charge in [0.05, 0.1) is 15.6 Å². The van der Waals surface area contributed by atoms with Gasteiger partial charge in [-0.15, -0.1) is 0 Å². The molecule has 0 bridgehead atoms. The topological polar surface area (TPSA) is 51.3 Å². The first-order valence-corrected chi connectivity index (χ1v) is 12.6. The Morgan fingerprint density at radius 1 is 1.00 bits per heavy atom. The molecule has 0 aliphatic rings. The molecule has 0 fully saturated rings. The molecule has 0 aliphatic heterocycles. The summed E-state index contributed by atoms with van der Waals surface area (Å²) in [7, 11) is 3.50. The molecule has 2 N–H and O–H groups in total. The number of fused-ring (bicyclic) bond motifs is 1. The summed E-state index contributed by atoms with van der Waals surface area (Å²) in [6, 6.07) is 19.7. The van der Waals surface area contributed by atoms with Gasteiger partial charge in [0.2, 0.25) is 0 Å². The lowest BCUT2D eigenvalue weighted by Gasteiger charge is -2.13. The number of carbonyl (C=O) groups is 1. The van der Waals surface area contributed by atoms with Crippen molar-refractivity contribution in [2.75, 3.05) is 14.1 Å². The molecule has 0 spiro atoms. The number of nitrogens with two attached hydrogens (primary N) is 1. The van der Waals surface area contributed by atoms with Crippen molar-refractivity contribution in [1.82, 2.24) is 9.47 Å². The Balaban J connectivity index is 1.70. The van der Waals surface area contributed by atoms with Gasteiger partial charge in [0, 0.05) is 58.1 Å². The van der Waals surface area contributed by atoms with Crippen LogP contribution in [0.4, 0.5) is 0 Å². The van der Waals surface area contributed by atoms with E-state index in [1.807, 2.05) is 36.4 Å². The van der Waals surface area contributed by atoms with Crippen LogP contribution in [0.3, 0.4) is 0 Å². The lowest BCUT2D eigenvalue weighted by molar-refractivity contribution is 0.0827. The minimum Gasteiger partial charge on any atom is -0.345 e. The highest BCUT2D eigenvalue weighted by Crippen LogP contribution is 2.37. The minimum absolute atomic E-state index is 0.0106. The second kappa shape index (κ2) is 10.1. The molecular weight excluding hydrogens is 541 g/mol. The Labute approximate surface area is 215 Å². The van der Waals surface area contributed by atoms with Crippen LogP contribution in [0.25, 0.3) is 10.9 Å². The SMILES string of the molecule is CN(C)C(=O)c1ccc(Cn2c(CN)cc3c(Br)cc(Sc4ccc(Cl)c(Cl)c4)cc32)cc1. The largest absolute Gasteiger partial charge is 0.345 e. The number of aromatic nitrogens is 1.